The van der Waals surface area contributed by atoms with E-state index in [4.69, 9.17) is 10.5 Å². The minimum Gasteiger partial charge on any atom is -0.382 e. The number of nitrogens with zero attached hydrogens (tertiary/aromatic N) is 4. The molecule has 35 heavy (non-hydrogen) atoms. The lowest BCUT2D eigenvalue weighted by molar-refractivity contribution is 0.0745. The molecule has 0 unspecified atom stereocenters. The number of amidine groups is 2. The van der Waals surface area contributed by atoms with Gasteiger partial charge in [-0.25, -0.2) is 14.4 Å². The predicted molar refractivity (Wildman–Crippen MR) is 128 cm³/mol. The summed E-state index contributed by atoms with van der Waals surface area (Å²) < 4.78 is 48.9. The Bertz CT molecular complexity index is 1180. The van der Waals surface area contributed by atoms with Crippen LogP contribution in [-0.2, 0) is 17.3 Å². The Kier molecular flexibility index (Phi) is 7.67. The maximum atomic E-state index is 14.9. The van der Waals surface area contributed by atoms with Crippen LogP contribution < -0.4 is 5.73 Å². The van der Waals surface area contributed by atoms with E-state index in [9.17, 15) is 13.2 Å². The number of aryl methyl sites for hydroxylation is 1. The molecule has 11 heteroatoms. The first-order chi connectivity index (χ1) is 16.8. The van der Waals surface area contributed by atoms with Gasteiger partial charge in [0.05, 0.1) is 18.9 Å². The van der Waals surface area contributed by atoms with Gasteiger partial charge >= 0.3 is 5.92 Å². The summed E-state index contributed by atoms with van der Waals surface area (Å²) in [7, 11) is 0. The van der Waals surface area contributed by atoms with Crippen molar-refractivity contribution in [3.63, 3.8) is 0 Å². The SMILES string of the molecule is Cc1cc(N=C(N=C(N)C(F)(F)c2ccc(F)cc2)c2cc(COCCN3CCCC3)c[nH]2)n[nH]1. The van der Waals surface area contributed by atoms with Gasteiger partial charge in [-0.3, -0.25) is 5.10 Å². The van der Waals surface area contributed by atoms with Crippen LogP contribution in [0.25, 0.3) is 0 Å². The maximum absolute atomic E-state index is 14.9. The smallest absolute Gasteiger partial charge is 0.329 e. The van der Waals surface area contributed by atoms with E-state index in [1.807, 2.05) is 0 Å². The number of benzene rings is 1. The molecule has 1 aliphatic heterocycles. The molecule has 0 bridgehead atoms. The molecule has 0 saturated carbocycles. The van der Waals surface area contributed by atoms with Crippen LogP contribution in [0.3, 0.4) is 0 Å². The number of nitrogens with one attached hydrogen (secondary N) is 2. The van der Waals surface area contributed by atoms with Crippen molar-refractivity contribution in [3.8, 4) is 0 Å². The van der Waals surface area contributed by atoms with Gasteiger partial charge in [0.15, 0.2) is 17.5 Å². The summed E-state index contributed by atoms with van der Waals surface area (Å²) in [6.07, 6.45) is 4.16. The van der Waals surface area contributed by atoms with Crippen LogP contribution in [0, 0.1) is 12.7 Å². The van der Waals surface area contributed by atoms with Gasteiger partial charge in [0.2, 0.25) is 0 Å². The first-order valence-corrected chi connectivity index (χ1v) is 11.4. The molecule has 1 saturated heterocycles. The Balaban J connectivity index is 1.53. The van der Waals surface area contributed by atoms with Crippen LogP contribution >= 0.6 is 0 Å². The number of likely N-dealkylation sites (tertiary alicyclic amines) is 1. The van der Waals surface area contributed by atoms with E-state index >= 15 is 0 Å². The summed E-state index contributed by atoms with van der Waals surface area (Å²) in [6.45, 7) is 5.82. The fraction of sp³-hybridized carbons (Fsp3) is 0.375. The molecule has 0 radical (unpaired) electrons. The summed E-state index contributed by atoms with van der Waals surface area (Å²) in [4.78, 5) is 13.6. The quantitative estimate of drug-likeness (QED) is 0.241. The molecule has 3 heterocycles. The highest BCUT2D eigenvalue weighted by Gasteiger charge is 2.37. The number of alkyl halides is 2. The molecule has 0 spiro atoms. The van der Waals surface area contributed by atoms with Crippen LogP contribution in [0.4, 0.5) is 19.0 Å². The molecular weight excluding hydrogens is 459 g/mol. The van der Waals surface area contributed by atoms with Crippen molar-refractivity contribution in [2.45, 2.75) is 32.3 Å². The molecular formula is C24H28F3N7O. The highest BCUT2D eigenvalue weighted by molar-refractivity contribution is 6.07. The topological polar surface area (TPSA) is 108 Å². The van der Waals surface area contributed by atoms with Crippen molar-refractivity contribution < 1.29 is 17.9 Å². The maximum Gasteiger partial charge on any atom is 0.329 e. The van der Waals surface area contributed by atoms with Crippen LogP contribution in [0.1, 0.15) is 35.4 Å². The number of halogens is 3. The molecule has 186 valence electrons. The van der Waals surface area contributed by atoms with Crippen LogP contribution in [-0.4, -0.2) is 58.0 Å². The van der Waals surface area contributed by atoms with E-state index < -0.39 is 23.1 Å². The molecule has 1 aromatic carbocycles. The van der Waals surface area contributed by atoms with E-state index in [-0.39, 0.29) is 11.7 Å². The van der Waals surface area contributed by atoms with Crippen molar-refractivity contribution >= 4 is 17.5 Å². The fourth-order valence-corrected chi connectivity index (χ4v) is 3.75. The zero-order valence-corrected chi connectivity index (χ0v) is 19.4. The molecule has 4 N–H and O–H groups in total. The van der Waals surface area contributed by atoms with E-state index in [0.29, 0.717) is 18.9 Å². The zero-order valence-electron chi connectivity index (χ0n) is 19.4. The number of rotatable bonds is 9. The molecule has 0 amide bonds. The van der Waals surface area contributed by atoms with E-state index in [1.54, 1.807) is 25.3 Å². The Morgan fingerprint density at radius 1 is 1.20 bits per heavy atom. The zero-order chi connectivity index (χ0) is 24.8. The number of hydrogen-bond acceptors (Lipinski definition) is 4. The number of aliphatic imine (C=N–C) groups is 2. The minimum atomic E-state index is -3.63. The van der Waals surface area contributed by atoms with Crippen LogP contribution in [0.15, 0.2) is 52.6 Å². The van der Waals surface area contributed by atoms with Gasteiger partial charge < -0.3 is 20.4 Å². The van der Waals surface area contributed by atoms with Gasteiger partial charge in [0.1, 0.15) is 5.82 Å². The monoisotopic (exact) mass is 487 g/mol. The van der Waals surface area contributed by atoms with Gasteiger partial charge in [-0.15, -0.1) is 0 Å². The first-order valence-electron chi connectivity index (χ1n) is 11.4. The van der Waals surface area contributed by atoms with E-state index in [2.05, 4.69) is 30.1 Å². The normalized spacial score (nSPS) is 15.8. The molecule has 1 aliphatic rings. The predicted octanol–water partition coefficient (Wildman–Crippen LogP) is 4.03. The molecule has 1 fully saturated rings. The second-order valence-corrected chi connectivity index (χ2v) is 8.45. The van der Waals surface area contributed by atoms with Gasteiger partial charge in [0, 0.05) is 30.1 Å². The van der Waals surface area contributed by atoms with Gasteiger partial charge in [-0.05, 0) is 68.8 Å². The van der Waals surface area contributed by atoms with Crippen molar-refractivity contribution in [2.75, 3.05) is 26.2 Å². The van der Waals surface area contributed by atoms with Crippen LogP contribution in [0.2, 0.25) is 0 Å². The first kappa shape index (κ1) is 24.7. The third-order valence-corrected chi connectivity index (χ3v) is 5.67. The average Bonchev–Trinajstić information content (AvgIpc) is 3.59. The Morgan fingerprint density at radius 3 is 2.63 bits per heavy atom. The molecule has 0 atom stereocenters. The highest BCUT2D eigenvalue weighted by atomic mass is 19.3. The summed E-state index contributed by atoms with van der Waals surface area (Å²) in [5.41, 5.74) is 7.19. The Hall–Kier alpha value is -3.44. The molecule has 8 nitrogen and oxygen atoms in total. The molecule has 0 aliphatic carbocycles. The van der Waals surface area contributed by atoms with Gasteiger partial charge in [-0.2, -0.15) is 13.9 Å². The highest BCUT2D eigenvalue weighted by Crippen LogP contribution is 2.29. The standard InChI is InChI=1S/C24H28F3N7O/c1-16-12-21(33-32-16)30-22(31-23(28)24(26,27)18-4-6-19(25)7-5-18)20-13-17(14-29-20)15-35-11-10-34-8-2-3-9-34/h4-7,12-14,29H,2-3,8-11,15H2,1H3,(H3,28,30,31,32,33). The largest absolute Gasteiger partial charge is 0.382 e. The summed E-state index contributed by atoms with van der Waals surface area (Å²) in [5, 5.41) is 6.78. The van der Waals surface area contributed by atoms with Crippen LogP contribution in [0.5, 0.6) is 0 Å². The fourth-order valence-electron chi connectivity index (χ4n) is 3.75. The van der Waals surface area contributed by atoms with Gasteiger partial charge in [0.25, 0.3) is 0 Å². The number of hydrogen-bond donors (Lipinski definition) is 3. The van der Waals surface area contributed by atoms with Crippen molar-refractivity contribution in [1.82, 2.24) is 20.1 Å². The summed E-state index contributed by atoms with van der Waals surface area (Å²) in [6, 6.07) is 7.20. The lowest BCUT2D eigenvalue weighted by Crippen LogP contribution is -2.34. The number of H-pyrrole nitrogens is 2. The molecule has 2 aromatic heterocycles. The Morgan fingerprint density at radius 2 is 1.94 bits per heavy atom. The Labute approximate surface area is 201 Å². The summed E-state index contributed by atoms with van der Waals surface area (Å²) >= 11 is 0. The summed E-state index contributed by atoms with van der Waals surface area (Å²) in [5.74, 6) is -5.05. The van der Waals surface area contributed by atoms with E-state index in [0.717, 1.165) is 55.2 Å². The van der Waals surface area contributed by atoms with Crippen molar-refractivity contribution in [1.29, 1.82) is 0 Å². The molecule has 3 aromatic rings. The number of aromatic amines is 2. The number of nitrogens with two attached hydrogens (primary N) is 1. The second-order valence-electron chi connectivity index (χ2n) is 8.45. The molecule has 4 rings (SSSR count). The number of ether oxygens (including phenoxy) is 1. The lowest BCUT2D eigenvalue weighted by Gasteiger charge is -2.16. The third kappa shape index (κ3) is 6.37. The lowest BCUT2D eigenvalue weighted by atomic mass is 10.1. The van der Waals surface area contributed by atoms with Crippen molar-refractivity contribution in [2.24, 2.45) is 15.7 Å². The van der Waals surface area contributed by atoms with E-state index in [1.165, 1.54) is 12.8 Å². The van der Waals surface area contributed by atoms with Gasteiger partial charge in [-0.1, -0.05) is 0 Å². The minimum absolute atomic E-state index is 0.0703. The average molecular weight is 488 g/mol. The third-order valence-electron chi connectivity index (χ3n) is 5.67. The van der Waals surface area contributed by atoms with Crippen molar-refractivity contribution in [3.05, 3.63) is 70.9 Å². The second kappa shape index (κ2) is 10.9. The number of aromatic nitrogens is 3.